The molecule has 0 aliphatic carbocycles. The van der Waals surface area contributed by atoms with Gasteiger partial charge in [0.05, 0.1) is 24.7 Å². The van der Waals surface area contributed by atoms with Crippen molar-refractivity contribution >= 4 is 52.3 Å². The summed E-state index contributed by atoms with van der Waals surface area (Å²) >= 11 is 17.9. The number of hydrogen-bond acceptors (Lipinski definition) is 6. The number of carbonyl (C=O) groups excluding carboxylic acids is 1. The van der Waals surface area contributed by atoms with E-state index in [-0.39, 0.29) is 21.8 Å². The van der Waals surface area contributed by atoms with Crippen molar-refractivity contribution in [1.82, 2.24) is 24.8 Å². The molecule has 0 atom stereocenters. The Labute approximate surface area is 182 Å². The Bertz CT molecular complexity index is 1010. The van der Waals surface area contributed by atoms with Crippen LogP contribution in [0.15, 0.2) is 36.8 Å². The largest absolute Gasteiger partial charge is 0.497 e. The minimum absolute atomic E-state index is 0.0794. The van der Waals surface area contributed by atoms with Crippen molar-refractivity contribution in [3.63, 3.8) is 0 Å². The number of aromatic nitrogens is 4. The number of benzene rings is 1. The molecule has 0 radical (unpaired) electrons. The highest BCUT2D eigenvalue weighted by Crippen LogP contribution is 2.21. The summed E-state index contributed by atoms with van der Waals surface area (Å²) < 4.78 is 6.88. The van der Waals surface area contributed by atoms with Crippen LogP contribution >= 0.6 is 34.8 Å². The van der Waals surface area contributed by atoms with Gasteiger partial charge in [0.1, 0.15) is 10.9 Å². The van der Waals surface area contributed by atoms with E-state index in [1.165, 1.54) is 6.20 Å². The standard InChI is InChI=1S/C18H17Cl3N6O2/c1-29-12-5-2-4-11(8-12)25-18-23-9-13(19)14(26-18)17(28)22-6-3-7-27-10-24-15(20)16(27)21/h2,4-5,8-10H,3,6-7H2,1H3,(H,22,28)(H,23,25,26). The van der Waals surface area contributed by atoms with Crippen molar-refractivity contribution in [1.29, 1.82) is 0 Å². The Morgan fingerprint density at radius 2 is 2.07 bits per heavy atom. The number of nitrogens with one attached hydrogen (secondary N) is 2. The molecule has 0 aliphatic heterocycles. The number of ether oxygens (including phenoxy) is 1. The molecule has 0 saturated heterocycles. The summed E-state index contributed by atoms with van der Waals surface area (Å²) in [6.45, 7) is 0.947. The van der Waals surface area contributed by atoms with Gasteiger partial charge < -0.3 is 19.9 Å². The summed E-state index contributed by atoms with van der Waals surface area (Å²) in [4.78, 5) is 24.7. The first-order chi connectivity index (χ1) is 14.0. The number of imidazole rings is 1. The normalized spacial score (nSPS) is 10.6. The Hall–Kier alpha value is -2.55. The second-order valence-corrected chi connectivity index (χ2v) is 7.00. The molecule has 0 bridgehead atoms. The topological polar surface area (TPSA) is 94.0 Å². The van der Waals surface area contributed by atoms with Crippen LogP contribution in [0.4, 0.5) is 11.6 Å². The van der Waals surface area contributed by atoms with Gasteiger partial charge in [0, 0.05) is 24.8 Å². The van der Waals surface area contributed by atoms with Crippen molar-refractivity contribution in [2.24, 2.45) is 0 Å². The van der Waals surface area contributed by atoms with E-state index in [4.69, 9.17) is 39.5 Å². The first-order valence-electron chi connectivity index (χ1n) is 8.56. The van der Waals surface area contributed by atoms with Crippen molar-refractivity contribution in [3.05, 3.63) is 57.8 Å². The van der Waals surface area contributed by atoms with Crippen LogP contribution in [0.1, 0.15) is 16.9 Å². The second-order valence-electron chi connectivity index (χ2n) is 5.88. The zero-order chi connectivity index (χ0) is 20.8. The first-order valence-corrected chi connectivity index (χ1v) is 9.69. The van der Waals surface area contributed by atoms with Crippen LogP contribution in [-0.4, -0.2) is 39.1 Å². The number of carbonyl (C=O) groups is 1. The summed E-state index contributed by atoms with van der Waals surface area (Å²) in [6.07, 6.45) is 3.54. The number of halogens is 3. The molecule has 0 spiro atoms. The molecule has 8 nitrogen and oxygen atoms in total. The lowest BCUT2D eigenvalue weighted by Gasteiger charge is -2.10. The van der Waals surface area contributed by atoms with Crippen LogP contribution in [0.2, 0.25) is 15.3 Å². The van der Waals surface area contributed by atoms with Crippen LogP contribution in [0, 0.1) is 0 Å². The number of amides is 1. The van der Waals surface area contributed by atoms with Gasteiger partial charge in [-0.2, -0.15) is 0 Å². The van der Waals surface area contributed by atoms with E-state index in [9.17, 15) is 4.79 Å². The quantitative estimate of drug-likeness (QED) is 0.494. The van der Waals surface area contributed by atoms with E-state index in [0.29, 0.717) is 36.1 Å². The van der Waals surface area contributed by atoms with Crippen LogP contribution < -0.4 is 15.4 Å². The minimum Gasteiger partial charge on any atom is -0.497 e. The predicted molar refractivity (Wildman–Crippen MR) is 113 cm³/mol. The summed E-state index contributed by atoms with van der Waals surface area (Å²) in [6, 6.07) is 7.25. The molecule has 0 aliphatic rings. The molecule has 3 aromatic rings. The van der Waals surface area contributed by atoms with E-state index >= 15 is 0 Å². The Morgan fingerprint density at radius 1 is 1.24 bits per heavy atom. The molecular formula is C18H17Cl3N6O2. The summed E-state index contributed by atoms with van der Waals surface area (Å²) in [7, 11) is 1.58. The van der Waals surface area contributed by atoms with Gasteiger partial charge >= 0.3 is 0 Å². The van der Waals surface area contributed by atoms with Crippen LogP contribution in [0.25, 0.3) is 0 Å². The van der Waals surface area contributed by atoms with Gasteiger partial charge in [0.25, 0.3) is 5.91 Å². The highest BCUT2D eigenvalue weighted by Gasteiger charge is 2.14. The van der Waals surface area contributed by atoms with Crippen molar-refractivity contribution in [3.8, 4) is 5.75 Å². The van der Waals surface area contributed by atoms with Gasteiger partial charge in [-0.1, -0.05) is 40.9 Å². The van der Waals surface area contributed by atoms with Gasteiger partial charge in [-0.3, -0.25) is 4.79 Å². The fraction of sp³-hybridized carbons (Fsp3) is 0.222. The Morgan fingerprint density at radius 3 is 2.79 bits per heavy atom. The Balaban J connectivity index is 1.59. The maximum absolute atomic E-state index is 12.5. The number of nitrogens with zero attached hydrogens (tertiary/aromatic N) is 4. The first kappa shape index (κ1) is 21.2. The molecule has 3 rings (SSSR count). The predicted octanol–water partition coefficient (Wildman–Crippen LogP) is 4.21. The van der Waals surface area contributed by atoms with Crippen LogP contribution in [-0.2, 0) is 6.54 Å². The van der Waals surface area contributed by atoms with Crippen molar-refractivity contribution in [2.45, 2.75) is 13.0 Å². The molecule has 2 heterocycles. The maximum Gasteiger partial charge on any atom is 0.271 e. The molecule has 0 saturated carbocycles. The third kappa shape index (κ3) is 5.50. The monoisotopic (exact) mass is 454 g/mol. The summed E-state index contributed by atoms with van der Waals surface area (Å²) in [5.41, 5.74) is 0.796. The molecule has 0 unspecified atom stereocenters. The van der Waals surface area contributed by atoms with Gasteiger partial charge in [-0.15, -0.1) is 0 Å². The third-order valence-corrected chi connectivity index (χ3v) is 4.93. The smallest absolute Gasteiger partial charge is 0.271 e. The molecule has 29 heavy (non-hydrogen) atoms. The highest BCUT2D eigenvalue weighted by molar-refractivity contribution is 6.40. The summed E-state index contributed by atoms with van der Waals surface area (Å²) in [5, 5.41) is 6.57. The fourth-order valence-electron chi connectivity index (χ4n) is 2.45. The number of hydrogen-bond donors (Lipinski definition) is 2. The third-order valence-electron chi connectivity index (χ3n) is 3.88. The van der Waals surface area contributed by atoms with E-state index in [1.807, 2.05) is 18.2 Å². The van der Waals surface area contributed by atoms with Gasteiger partial charge in [0.2, 0.25) is 5.95 Å². The van der Waals surface area contributed by atoms with Gasteiger partial charge in [-0.05, 0) is 18.6 Å². The molecule has 0 fully saturated rings. The zero-order valence-electron chi connectivity index (χ0n) is 15.3. The van der Waals surface area contributed by atoms with Gasteiger partial charge in [-0.25, -0.2) is 15.0 Å². The molecule has 2 N–H and O–H groups in total. The maximum atomic E-state index is 12.5. The summed E-state index contributed by atoms with van der Waals surface area (Å²) in [5.74, 6) is 0.523. The molecule has 1 aromatic carbocycles. The average Bonchev–Trinajstić information content (AvgIpc) is 3.04. The van der Waals surface area contributed by atoms with Gasteiger partial charge in [0.15, 0.2) is 10.8 Å². The SMILES string of the molecule is COc1cccc(Nc2ncc(Cl)c(C(=O)NCCCn3cnc(Cl)c3Cl)n2)c1. The molecule has 2 aromatic heterocycles. The van der Waals surface area contributed by atoms with E-state index in [0.717, 1.165) is 0 Å². The van der Waals surface area contributed by atoms with E-state index < -0.39 is 5.91 Å². The lowest BCUT2D eigenvalue weighted by atomic mass is 10.3. The molecule has 152 valence electrons. The lowest BCUT2D eigenvalue weighted by Crippen LogP contribution is -2.26. The number of rotatable bonds is 8. The molecular weight excluding hydrogens is 439 g/mol. The lowest BCUT2D eigenvalue weighted by molar-refractivity contribution is 0.0948. The van der Waals surface area contributed by atoms with E-state index in [2.05, 4.69) is 25.6 Å². The zero-order valence-corrected chi connectivity index (χ0v) is 17.6. The van der Waals surface area contributed by atoms with Crippen LogP contribution in [0.5, 0.6) is 5.75 Å². The number of aryl methyl sites for hydroxylation is 1. The van der Waals surface area contributed by atoms with E-state index in [1.54, 1.807) is 24.1 Å². The van der Waals surface area contributed by atoms with Crippen molar-refractivity contribution < 1.29 is 9.53 Å². The fourth-order valence-corrected chi connectivity index (χ4v) is 2.96. The van der Waals surface area contributed by atoms with Crippen molar-refractivity contribution in [2.75, 3.05) is 19.0 Å². The molecule has 1 amide bonds. The molecule has 11 heteroatoms. The Kier molecular flexibility index (Phi) is 7.13. The van der Waals surface area contributed by atoms with Crippen LogP contribution in [0.3, 0.4) is 0 Å². The number of anilines is 2. The number of methoxy groups -OCH3 is 1. The highest BCUT2D eigenvalue weighted by atomic mass is 35.5. The second kappa shape index (κ2) is 9.78. The average molecular weight is 456 g/mol. The minimum atomic E-state index is -0.402.